The third kappa shape index (κ3) is 2.81. The summed E-state index contributed by atoms with van der Waals surface area (Å²) in [6.07, 6.45) is 9.80. The second-order valence-corrected chi connectivity index (χ2v) is 14.9. The smallest absolute Gasteiger partial charge is 0.309 e. The largest absolute Gasteiger partial charge is 0.481 e. The van der Waals surface area contributed by atoms with Gasteiger partial charge in [0.2, 0.25) is 0 Å². The van der Waals surface area contributed by atoms with Gasteiger partial charge in [0.25, 0.3) is 0 Å². The zero-order chi connectivity index (χ0) is 25.1. The van der Waals surface area contributed by atoms with E-state index in [2.05, 4.69) is 47.6 Å². The molecule has 4 heteroatoms. The molecule has 5 aliphatic rings. The summed E-state index contributed by atoms with van der Waals surface area (Å²) in [5, 5.41) is 22.0. The van der Waals surface area contributed by atoms with Gasteiger partial charge in [-0.1, -0.05) is 53.2 Å². The molecule has 5 aliphatic carbocycles. The third-order valence-electron chi connectivity index (χ3n) is 13.0. The van der Waals surface area contributed by atoms with Crippen molar-refractivity contribution in [2.24, 2.45) is 50.2 Å². The summed E-state index contributed by atoms with van der Waals surface area (Å²) in [4.78, 5) is 25.2. The van der Waals surface area contributed by atoms with Gasteiger partial charge in [0.1, 0.15) is 5.78 Å². The van der Waals surface area contributed by atoms with E-state index < -0.39 is 17.5 Å². The van der Waals surface area contributed by atoms with Crippen molar-refractivity contribution in [1.82, 2.24) is 0 Å². The zero-order valence-electron chi connectivity index (χ0n) is 22.5. The minimum Gasteiger partial charge on any atom is -0.481 e. The van der Waals surface area contributed by atoms with E-state index in [0.717, 1.165) is 44.9 Å². The number of aliphatic hydroxyl groups excluding tert-OH is 1. The molecular weight excluding hydrogens is 424 g/mol. The van der Waals surface area contributed by atoms with Crippen LogP contribution in [0.2, 0.25) is 0 Å². The molecule has 9 atom stereocenters. The van der Waals surface area contributed by atoms with Crippen molar-refractivity contribution in [2.45, 2.75) is 112 Å². The quantitative estimate of drug-likeness (QED) is 0.434. The van der Waals surface area contributed by atoms with Crippen LogP contribution in [0.5, 0.6) is 0 Å². The molecule has 0 radical (unpaired) electrons. The summed E-state index contributed by atoms with van der Waals surface area (Å²) in [5.74, 6) is 0.341. The van der Waals surface area contributed by atoms with E-state index in [4.69, 9.17) is 0 Å². The molecule has 0 bridgehead atoms. The fraction of sp³-hybridized carbons (Fsp3) is 0.867. The summed E-state index contributed by atoms with van der Waals surface area (Å²) in [6.45, 7) is 15.8. The van der Waals surface area contributed by atoms with Crippen molar-refractivity contribution in [2.75, 3.05) is 0 Å². The lowest BCUT2D eigenvalue weighted by Gasteiger charge is -2.71. The molecule has 34 heavy (non-hydrogen) atoms. The number of aliphatic carboxylic acids is 1. The van der Waals surface area contributed by atoms with E-state index in [-0.39, 0.29) is 38.9 Å². The molecule has 0 aromatic rings. The Morgan fingerprint density at radius 3 is 2.24 bits per heavy atom. The molecule has 4 fully saturated rings. The lowest BCUT2D eigenvalue weighted by molar-refractivity contribution is -0.206. The van der Waals surface area contributed by atoms with Crippen molar-refractivity contribution in [3.05, 3.63) is 11.6 Å². The first kappa shape index (κ1) is 24.5. The first-order valence-electron chi connectivity index (χ1n) is 13.7. The van der Waals surface area contributed by atoms with E-state index in [1.54, 1.807) is 0 Å². The van der Waals surface area contributed by atoms with Gasteiger partial charge < -0.3 is 10.2 Å². The maximum Gasteiger partial charge on any atom is 0.309 e. The summed E-state index contributed by atoms with van der Waals surface area (Å²) in [7, 11) is 0. The Morgan fingerprint density at radius 1 is 0.941 bits per heavy atom. The van der Waals surface area contributed by atoms with Gasteiger partial charge in [0.15, 0.2) is 0 Å². The molecule has 4 saturated carbocycles. The van der Waals surface area contributed by atoms with E-state index >= 15 is 0 Å². The van der Waals surface area contributed by atoms with Crippen molar-refractivity contribution in [3.8, 4) is 0 Å². The number of carbonyl (C=O) groups excluding carboxylic acids is 1. The molecule has 2 N–H and O–H groups in total. The van der Waals surface area contributed by atoms with Crippen molar-refractivity contribution < 1.29 is 19.8 Å². The lowest BCUT2D eigenvalue weighted by Crippen LogP contribution is -2.67. The summed E-state index contributed by atoms with van der Waals surface area (Å²) in [5.41, 5.74) is 0.267. The van der Waals surface area contributed by atoms with Crippen LogP contribution in [0.15, 0.2) is 11.6 Å². The standard InChI is InChI=1S/C30H46O4/c1-25(2)21-8-11-30(7)23(28(21,5)10-9-22(25)32)20(31)16-18-19-17-27(4,24(33)34)13-12-26(19,3)14-15-29(18,30)6/h16,19-21,23,31H,8-15,17H2,1-7H3,(H,33,34)/t19-,20+,21-,23+,26+,27-,28-,29+,30+/m0/s1. The number of Topliss-reactive ketones (excluding diaryl/α,β-unsaturated/α-hetero) is 1. The van der Waals surface area contributed by atoms with Gasteiger partial charge in [0, 0.05) is 17.8 Å². The highest BCUT2D eigenvalue weighted by molar-refractivity contribution is 5.85. The van der Waals surface area contributed by atoms with Crippen LogP contribution in [0, 0.1) is 50.2 Å². The molecule has 0 aliphatic heterocycles. The second kappa shape index (κ2) is 6.99. The van der Waals surface area contributed by atoms with Crippen LogP contribution in [0.25, 0.3) is 0 Å². The predicted molar refractivity (Wildman–Crippen MR) is 133 cm³/mol. The monoisotopic (exact) mass is 470 g/mol. The number of allylic oxidation sites excluding steroid dienone is 1. The number of carboxylic acid groups (broad SMARTS) is 1. The second-order valence-electron chi connectivity index (χ2n) is 14.9. The van der Waals surface area contributed by atoms with Crippen LogP contribution in [-0.2, 0) is 9.59 Å². The van der Waals surface area contributed by atoms with E-state index in [1.807, 2.05) is 6.92 Å². The topological polar surface area (TPSA) is 74.6 Å². The minimum atomic E-state index is -0.691. The molecule has 0 amide bonds. The Morgan fingerprint density at radius 2 is 1.59 bits per heavy atom. The maximum atomic E-state index is 12.9. The number of aliphatic hydroxyl groups is 1. The normalized spacial score (nSPS) is 54.1. The molecule has 0 saturated heterocycles. The Balaban J connectivity index is 1.62. The van der Waals surface area contributed by atoms with Crippen LogP contribution in [0.1, 0.15) is 106 Å². The van der Waals surface area contributed by atoms with Crippen molar-refractivity contribution in [3.63, 3.8) is 0 Å². The van der Waals surface area contributed by atoms with Gasteiger partial charge in [-0.05, 0) is 91.8 Å². The van der Waals surface area contributed by atoms with E-state index in [1.165, 1.54) is 5.57 Å². The number of hydrogen-bond donors (Lipinski definition) is 2. The molecule has 190 valence electrons. The van der Waals surface area contributed by atoms with E-state index in [9.17, 15) is 19.8 Å². The number of rotatable bonds is 1. The summed E-state index contributed by atoms with van der Waals surface area (Å²) in [6, 6.07) is 0. The van der Waals surface area contributed by atoms with Gasteiger partial charge in [-0.25, -0.2) is 0 Å². The van der Waals surface area contributed by atoms with Crippen molar-refractivity contribution in [1.29, 1.82) is 0 Å². The number of fused-ring (bicyclic) bond motifs is 7. The van der Waals surface area contributed by atoms with Crippen LogP contribution in [0.4, 0.5) is 0 Å². The Labute approximate surface area is 206 Å². The highest BCUT2D eigenvalue weighted by Gasteiger charge is 2.70. The SMILES string of the molecule is CC1(C)C(=O)CC[C@]2(C)[C@H]3[C@H](O)C=C4[C@@H]5C[C@@](C)(C(=O)O)CC[C@]5(C)CC[C@@]4(C)[C@]3(C)CC[C@@H]12. The van der Waals surface area contributed by atoms with Gasteiger partial charge in [-0.15, -0.1) is 0 Å². The first-order valence-corrected chi connectivity index (χ1v) is 13.7. The van der Waals surface area contributed by atoms with Gasteiger partial charge in [-0.2, -0.15) is 0 Å². The minimum absolute atomic E-state index is 0.0442. The average Bonchev–Trinajstić information content (AvgIpc) is 2.73. The van der Waals surface area contributed by atoms with Gasteiger partial charge in [0.05, 0.1) is 11.5 Å². The number of carbonyl (C=O) groups is 2. The maximum absolute atomic E-state index is 12.9. The summed E-state index contributed by atoms with van der Waals surface area (Å²) >= 11 is 0. The van der Waals surface area contributed by atoms with Gasteiger partial charge in [-0.3, -0.25) is 9.59 Å². The van der Waals surface area contributed by atoms with Crippen LogP contribution in [0.3, 0.4) is 0 Å². The third-order valence-corrected chi connectivity index (χ3v) is 13.0. The van der Waals surface area contributed by atoms with Crippen LogP contribution >= 0.6 is 0 Å². The molecule has 4 nitrogen and oxygen atoms in total. The highest BCUT2D eigenvalue weighted by Crippen LogP contribution is 2.75. The Hall–Kier alpha value is -1.16. The fourth-order valence-electron chi connectivity index (χ4n) is 10.4. The fourth-order valence-corrected chi connectivity index (χ4v) is 10.4. The zero-order valence-corrected chi connectivity index (χ0v) is 22.5. The van der Waals surface area contributed by atoms with Crippen LogP contribution < -0.4 is 0 Å². The highest BCUT2D eigenvalue weighted by atomic mass is 16.4. The molecule has 0 spiro atoms. The average molecular weight is 471 g/mol. The molecule has 0 aromatic carbocycles. The molecule has 0 unspecified atom stereocenters. The van der Waals surface area contributed by atoms with E-state index in [0.29, 0.717) is 24.5 Å². The van der Waals surface area contributed by atoms with Crippen LogP contribution in [-0.4, -0.2) is 28.1 Å². The lowest BCUT2D eigenvalue weighted by atomic mass is 9.33. The Bertz CT molecular complexity index is 965. The first-order chi connectivity index (χ1) is 15.6. The Kier molecular flexibility index (Phi) is 5.04. The number of carboxylic acids is 1. The predicted octanol–water partition coefficient (Wildman–Crippen LogP) is 6.41. The molecule has 0 aromatic heterocycles. The molecule has 5 rings (SSSR count). The number of hydrogen-bond acceptors (Lipinski definition) is 3. The number of ketones is 1. The summed E-state index contributed by atoms with van der Waals surface area (Å²) < 4.78 is 0. The van der Waals surface area contributed by atoms with Gasteiger partial charge >= 0.3 is 5.97 Å². The molecule has 0 heterocycles. The van der Waals surface area contributed by atoms with Crippen molar-refractivity contribution >= 4 is 11.8 Å². The molecular formula is C30H46O4.